The summed E-state index contributed by atoms with van der Waals surface area (Å²) >= 11 is 3.39. The lowest BCUT2D eigenvalue weighted by Gasteiger charge is -2.00. The Morgan fingerprint density at radius 1 is 1.47 bits per heavy atom. The Kier molecular flexibility index (Phi) is 3.01. The average molecular weight is 269 g/mol. The van der Waals surface area contributed by atoms with Crippen molar-refractivity contribution < 1.29 is 9.26 Å². The Hall–Kier alpha value is -1.36. The highest BCUT2D eigenvalue weighted by Crippen LogP contribution is 2.14. The normalized spacial score (nSPS) is 10.3. The van der Waals surface area contributed by atoms with Gasteiger partial charge in [-0.25, -0.2) is 0 Å². The van der Waals surface area contributed by atoms with Crippen molar-refractivity contribution in [2.24, 2.45) is 0 Å². The van der Waals surface area contributed by atoms with E-state index in [0.717, 1.165) is 10.0 Å². The summed E-state index contributed by atoms with van der Waals surface area (Å²) in [7, 11) is 0. The van der Waals surface area contributed by atoms with Crippen molar-refractivity contribution in [2.45, 2.75) is 13.5 Å². The minimum Gasteiger partial charge on any atom is -0.444 e. The molecular formula is C10H9BrN2O2. The second-order valence-corrected chi connectivity index (χ2v) is 3.94. The van der Waals surface area contributed by atoms with Crippen LogP contribution in [-0.4, -0.2) is 10.1 Å². The van der Waals surface area contributed by atoms with E-state index in [9.17, 15) is 0 Å². The number of aromatic nitrogens is 2. The highest BCUT2D eigenvalue weighted by Gasteiger charge is 2.03. The third-order valence-electron chi connectivity index (χ3n) is 1.76. The van der Waals surface area contributed by atoms with E-state index >= 15 is 0 Å². The van der Waals surface area contributed by atoms with E-state index in [2.05, 4.69) is 26.1 Å². The van der Waals surface area contributed by atoms with Gasteiger partial charge in [-0.2, -0.15) is 4.98 Å². The first-order valence-electron chi connectivity index (χ1n) is 4.41. The molecule has 2 rings (SSSR count). The number of hydrogen-bond donors (Lipinski definition) is 0. The second kappa shape index (κ2) is 4.44. The van der Waals surface area contributed by atoms with E-state index in [1.54, 1.807) is 6.92 Å². The predicted molar refractivity (Wildman–Crippen MR) is 57.5 cm³/mol. The molecule has 5 heteroatoms. The van der Waals surface area contributed by atoms with Gasteiger partial charge >= 0.3 is 6.08 Å². The van der Waals surface area contributed by atoms with Crippen LogP contribution in [0.5, 0.6) is 6.08 Å². The monoisotopic (exact) mass is 268 g/mol. The number of benzene rings is 1. The standard InChI is InChI=1S/C10H9BrN2O2/c1-7-12-10(15-13-7)14-6-8-3-2-4-9(11)5-8/h2-5H,6H2,1H3. The topological polar surface area (TPSA) is 48.2 Å². The van der Waals surface area contributed by atoms with E-state index in [1.165, 1.54) is 0 Å². The molecule has 0 aliphatic heterocycles. The Balaban J connectivity index is 1.99. The predicted octanol–water partition coefficient (Wildman–Crippen LogP) is 2.72. The van der Waals surface area contributed by atoms with Crippen LogP contribution >= 0.6 is 15.9 Å². The fraction of sp³-hybridized carbons (Fsp3) is 0.200. The van der Waals surface area contributed by atoms with Gasteiger partial charge in [0.15, 0.2) is 5.82 Å². The number of aryl methyl sites for hydroxylation is 1. The molecule has 1 aromatic carbocycles. The van der Waals surface area contributed by atoms with Crippen LogP contribution in [0.1, 0.15) is 11.4 Å². The van der Waals surface area contributed by atoms with Gasteiger partial charge in [0.05, 0.1) is 0 Å². The number of halogens is 1. The summed E-state index contributed by atoms with van der Waals surface area (Å²) in [4.78, 5) is 3.94. The third-order valence-corrected chi connectivity index (χ3v) is 2.25. The first-order valence-corrected chi connectivity index (χ1v) is 5.21. The van der Waals surface area contributed by atoms with Gasteiger partial charge in [-0.1, -0.05) is 33.2 Å². The molecule has 4 nitrogen and oxygen atoms in total. The van der Waals surface area contributed by atoms with Crippen LogP contribution in [0.4, 0.5) is 0 Å². The van der Waals surface area contributed by atoms with Crippen molar-refractivity contribution in [1.82, 2.24) is 10.1 Å². The summed E-state index contributed by atoms with van der Waals surface area (Å²) in [6.45, 7) is 2.16. The average Bonchev–Trinajstić information content (AvgIpc) is 2.62. The maximum absolute atomic E-state index is 5.31. The zero-order valence-electron chi connectivity index (χ0n) is 8.11. The minimum atomic E-state index is 0.201. The van der Waals surface area contributed by atoms with E-state index in [0.29, 0.717) is 12.4 Å². The van der Waals surface area contributed by atoms with Crippen molar-refractivity contribution in [2.75, 3.05) is 0 Å². The molecule has 1 aromatic heterocycles. The molecule has 0 fully saturated rings. The second-order valence-electron chi connectivity index (χ2n) is 3.03. The van der Waals surface area contributed by atoms with Crippen LogP contribution in [0.15, 0.2) is 33.3 Å². The fourth-order valence-electron chi connectivity index (χ4n) is 1.11. The van der Waals surface area contributed by atoms with Gasteiger partial charge < -0.3 is 4.74 Å². The van der Waals surface area contributed by atoms with Crippen LogP contribution in [0, 0.1) is 6.92 Å². The molecule has 0 amide bonds. The summed E-state index contributed by atoms with van der Waals surface area (Å²) in [6, 6.07) is 7.85. The van der Waals surface area contributed by atoms with Gasteiger partial charge in [0, 0.05) is 4.47 Å². The minimum absolute atomic E-state index is 0.201. The molecule has 0 N–H and O–H groups in total. The van der Waals surface area contributed by atoms with Gasteiger partial charge in [0.1, 0.15) is 6.61 Å². The molecule has 0 atom stereocenters. The van der Waals surface area contributed by atoms with Crippen LogP contribution in [0.25, 0.3) is 0 Å². The first kappa shape index (κ1) is 10.2. The quantitative estimate of drug-likeness (QED) is 0.859. The van der Waals surface area contributed by atoms with E-state index in [-0.39, 0.29) is 6.08 Å². The number of nitrogens with zero attached hydrogens (tertiary/aromatic N) is 2. The van der Waals surface area contributed by atoms with Gasteiger partial charge in [-0.3, -0.25) is 4.52 Å². The molecule has 0 aliphatic rings. The van der Waals surface area contributed by atoms with Crippen LogP contribution in [0.3, 0.4) is 0 Å². The van der Waals surface area contributed by atoms with Crippen LogP contribution < -0.4 is 4.74 Å². The number of ether oxygens (including phenoxy) is 1. The Morgan fingerprint density at radius 3 is 3.00 bits per heavy atom. The lowest BCUT2D eigenvalue weighted by Crippen LogP contribution is -1.95. The Bertz CT molecular complexity index is 456. The molecule has 0 saturated carbocycles. The summed E-state index contributed by atoms with van der Waals surface area (Å²) in [5.74, 6) is 0.569. The summed E-state index contributed by atoms with van der Waals surface area (Å²) < 4.78 is 11.1. The molecule has 0 aliphatic carbocycles. The first-order chi connectivity index (χ1) is 7.24. The largest absolute Gasteiger partial charge is 0.444 e. The maximum Gasteiger partial charge on any atom is 0.417 e. The lowest BCUT2D eigenvalue weighted by molar-refractivity contribution is 0.195. The maximum atomic E-state index is 5.31. The van der Waals surface area contributed by atoms with Gasteiger partial charge in [-0.15, -0.1) is 0 Å². The fourth-order valence-corrected chi connectivity index (χ4v) is 1.56. The lowest BCUT2D eigenvalue weighted by atomic mass is 10.2. The zero-order chi connectivity index (χ0) is 10.7. The molecule has 2 aromatic rings. The van der Waals surface area contributed by atoms with E-state index in [1.807, 2.05) is 24.3 Å². The zero-order valence-corrected chi connectivity index (χ0v) is 9.69. The van der Waals surface area contributed by atoms with Gasteiger partial charge in [0.2, 0.25) is 0 Å². The van der Waals surface area contributed by atoms with Crippen molar-refractivity contribution >= 4 is 15.9 Å². The van der Waals surface area contributed by atoms with Crippen molar-refractivity contribution in [3.63, 3.8) is 0 Å². The molecule has 0 unspecified atom stereocenters. The molecule has 0 bridgehead atoms. The van der Waals surface area contributed by atoms with Crippen molar-refractivity contribution in [3.05, 3.63) is 40.1 Å². The molecule has 0 saturated heterocycles. The van der Waals surface area contributed by atoms with Gasteiger partial charge in [-0.05, 0) is 24.6 Å². The van der Waals surface area contributed by atoms with Gasteiger partial charge in [0.25, 0.3) is 0 Å². The van der Waals surface area contributed by atoms with Crippen molar-refractivity contribution in [3.8, 4) is 6.08 Å². The van der Waals surface area contributed by atoms with Crippen LogP contribution in [0.2, 0.25) is 0 Å². The molecule has 0 spiro atoms. The molecule has 78 valence electrons. The van der Waals surface area contributed by atoms with Crippen molar-refractivity contribution in [1.29, 1.82) is 0 Å². The highest BCUT2D eigenvalue weighted by atomic mass is 79.9. The summed E-state index contributed by atoms with van der Waals surface area (Å²) in [5.41, 5.74) is 1.04. The molecule has 0 radical (unpaired) electrons. The Morgan fingerprint density at radius 2 is 2.33 bits per heavy atom. The summed E-state index contributed by atoms with van der Waals surface area (Å²) in [6.07, 6.45) is 0.201. The number of hydrogen-bond acceptors (Lipinski definition) is 4. The SMILES string of the molecule is Cc1noc(OCc2cccc(Br)c2)n1. The molecular weight excluding hydrogens is 260 g/mol. The smallest absolute Gasteiger partial charge is 0.417 e. The van der Waals surface area contributed by atoms with E-state index in [4.69, 9.17) is 9.26 Å². The molecule has 1 heterocycles. The highest BCUT2D eigenvalue weighted by molar-refractivity contribution is 9.10. The third kappa shape index (κ3) is 2.79. The van der Waals surface area contributed by atoms with Crippen LogP contribution in [-0.2, 0) is 6.61 Å². The Labute approximate surface area is 95.4 Å². The molecule has 15 heavy (non-hydrogen) atoms. The number of rotatable bonds is 3. The summed E-state index contributed by atoms with van der Waals surface area (Å²) in [5, 5.41) is 3.63. The van der Waals surface area contributed by atoms with E-state index < -0.39 is 0 Å².